The highest BCUT2D eigenvalue weighted by Crippen LogP contribution is 2.15. The van der Waals surface area contributed by atoms with E-state index in [4.69, 9.17) is 14.2 Å². The van der Waals surface area contributed by atoms with Crippen LogP contribution in [0.25, 0.3) is 0 Å². The summed E-state index contributed by atoms with van der Waals surface area (Å²) < 4.78 is 16.8. The summed E-state index contributed by atoms with van der Waals surface area (Å²) in [5, 5.41) is 0. The SMILES string of the molecule is CC/C=C\C/C=C\CCCCCCCCCC(=O)OCC(COC(=O)CCCCCCC/C=C\C=C/CCCCCCCCC)OC(=O)CCCCCCCCC/C=C\CCCCCC. The first kappa shape index (κ1) is 62.1. The lowest BCUT2D eigenvalue weighted by atomic mass is 10.1. The van der Waals surface area contributed by atoms with Crippen LogP contribution in [0.5, 0.6) is 0 Å². The number of esters is 3. The summed E-state index contributed by atoms with van der Waals surface area (Å²) in [4.78, 5) is 38.1. The van der Waals surface area contributed by atoms with Gasteiger partial charge in [0.2, 0.25) is 0 Å². The van der Waals surface area contributed by atoms with Gasteiger partial charge < -0.3 is 14.2 Å². The van der Waals surface area contributed by atoms with Crippen molar-refractivity contribution >= 4 is 17.9 Å². The van der Waals surface area contributed by atoms with Gasteiger partial charge in [0.05, 0.1) is 0 Å². The number of ether oxygens (including phenoxy) is 3. The van der Waals surface area contributed by atoms with Crippen LogP contribution < -0.4 is 0 Å². The molecule has 0 heterocycles. The Morgan fingerprint density at radius 3 is 1.05 bits per heavy atom. The molecule has 0 aromatic heterocycles. The fraction of sp³-hybridized carbons (Fsp3) is 0.780. The molecule has 0 aromatic carbocycles. The highest BCUT2D eigenvalue weighted by atomic mass is 16.6. The predicted octanol–water partition coefficient (Wildman–Crippen LogP) is 18.4. The van der Waals surface area contributed by atoms with Crippen LogP contribution in [0.4, 0.5) is 0 Å². The molecule has 0 spiro atoms. The first-order valence-electron chi connectivity index (χ1n) is 27.8. The smallest absolute Gasteiger partial charge is 0.306 e. The van der Waals surface area contributed by atoms with Gasteiger partial charge in [0.1, 0.15) is 13.2 Å². The zero-order valence-electron chi connectivity index (χ0n) is 43.0. The number of unbranched alkanes of at least 4 members (excludes halogenated alkanes) is 30. The van der Waals surface area contributed by atoms with Gasteiger partial charge in [-0.15, -0.1) is 0 Å². The van der Waals surface area contributed by atoms with E-state index in [9.17, 15) is 14.4 Å². The minimum absolute atomic E-state index is 0.0847. The van der Waals surface area contributed by atoms with E-state index in [0.29, 0.717) is 19.3 Å². The average Bonchev–Trinajstić information content (AvgIpc) is 3.30. The molecule has 0 bridgehead atoms. The Hall–Kier alpha value is -2.89. The van der Waals surface area contributed by atoms with Gasteiger partial charge in [0.25, 0.3) is 0 Å². The zero-order valence-corrected chi connectivity index (χ0v) is 43.0. The normalized spacial score (nSPS) is 12.5. The third-order valence-corrected chi connectivity index (χ3v) is 12.0. The largest absolute Gasteiger partial charge is 0.462 e. The summed E-state index contributed by atoms with van der Waals surface area (Å²) in [7, 11) is 0. The fourth-order valence-corrected chi connectivity index (χ4v) is 7.82. The molecule has 6 nitrogen and oxygen atoms in total. The van der Waals surface area contributed by atoms with Gasteiger partial charge in [-0.3, -0.25) is 14.4 Å². The monoisotopic (exact) mass is 909 g/mol. The first-order valence-corrected chi connectivity index (χ1v) is 27.8. The molecule has 0 aliphatic heterocycles. The molecule has 6 heteroatoms. The van der Waals surface area contributed by atoms with Gasteiger partial charge in [-0.1, -0.05) is 223 Å². The molecule has 0 N–H and O–H groups in total. The Kier molecular flexibility index (Phi) is 51.3. The second-order valence-corrected chi connectivity index (χ2v) is 18.5. The number of carbonyl (C=O) groups excluding carboxylic acids is 3. The van der Waals surface area contributed by atoms with Crippen molar-refractivity contribution in [2.75, 3.05) is 13.2 Å². The van der Waals surface area contributed by atoms with E-state index in [1.54, 1.807) is 0 Å². The standard InChI is InChI=1S/C59H104O6/c1-4-7-10-13-16-19-22-25-28-29-30-32-34-37-40-43-46-49-52-58(61)64-55-56(54-63-57(60)51-48-45-42-39-36-33-27-24-21-18-15-12-9-6-3)65-59(62)53-50-47-44-41-38-35-31-26-23-20-17-14-11-8-5-2/h9,12,18,20-21,23,28-30,32,56H,4-8,10-11,13-17,19,22,24-27,31,33-55H2,1-3H3/b12-9-,21-18-,23-20-,29-28-,32-30-. The maximum absolute atomic E-state index is 12.8. The van der Waals surface area contributed by atoms with E-state index in [0.717, 1.165) is 96.3 Å². The molecule has 1 unspecified atom stereocenters. The average molecular weight is 909 g/mol. The van der Waals surface area contributed by atoms with Crippen LogP contribution >= 0.6 is 0 Å². The van der Waals surface area contributed by atoms with Crippen molar-refractivity contribution in [2.24, 2.45) is 0 Å². The molecule has 0 saturated carbocycles. The first-order chi connectivity index (χ1) is 32.0. The second kappa shape index (κ2) is 53.7. The molecule has 376 valence electrons. The van der Waals surface area contributed by atoms with Crippen LogP contribution in [0.1, 0.15) is 278 Å². The Bertz CT molecular complexity index is 1180. The van der Waals surface area contributed by atoms with Crippen LogP contribution in [0, 0.1) is 0 Å². The van der Waals surface area contributed by atoms with Gasteiger partial charge in [0, 0.05) is 19.3 Å². The lowest BCUT2D eigenvalue weighted by Gasteiger charge is -2.18. The van der Waals surface area contributed by atoms with E-state index in [-0.39, 0.29) is 31.1 Å². The highest BCUT2D eigenvalue weighted by molar-refractivity contribution is 5.71. The second-order valence-electron chi connectivity index (χ2n) is 18.5. The van der Waals surface area contributed by atoms with Gasteiger partial charge in [0.15, 0.2) is 6.10 Å². The number of hydrogen-bond donors (Lipinski definition) is 0. The summed E-state index contributed by atoms with van der Waals surface area (Å²) in [6, 6.07) is 0. The van der Waals surface area contributed by atoms with Gasteiger partial charge in [-0.25, -0.2) is 0 Å². The van der Waals surface area contributed by atoms with E-state index >= 15 is 0 Å². The van der Waals surface area contributed by atoms with E-state index < -0.39 is 6.10 Å². The van der Waals surface area contributed by atoms with E-state index in [1.165, 1.54) is 141 Å². The third-order valence-electron chi connectivity index (χ3n) is 12.0. The number of allylic oxidation sites excluding steroid dienone is 10. The summed E-state index contributed by atoms with van der Waals surface area (Å²) in [5.74, 6) is -0.904. The summed E-state index contributed by atoms with van der Waals surface area (Å²) in [6.45, 7) is 6.51. The molecule has 0 aliphatic rings. The fourth-order valence-electron chi connectivity index (χ4n) is 7.82. The lowest BCUT2D eigenvalue weighted by molar-refractivity contribution is -0.167. The molecule has 0 aromatic rings. The molecule has 0 amide bonds. The van der Waals surface area contributed by atoms with Crippen molar-refractivity contribution in [1.82, 2.24) is 0 Å². The van der Waals surface area contributed by atoms with Crippen molar-refractivity contribution in [3.63, 3.8) is 0 Å². The van der Waals surface area contributed by atoms with Gasteiger partial charge in [-0.2, -0.15) is 0 Å². The molecule has 65 heavy (non-hydrogen) atoms. The molecular formula is C59H104O6. The third kappa shape index (κ3) is 51.9. The molecule has 0 radical (unpaired) electrons. The maximum Gasteiger partial charge on any atom is 0.306 e. The topological polar surface area (TPSA) is 78.9 Å². The summed E-state index contributed by atoms with van der Waals surface area (Å²) in [6.07, 6.45) is 66.3. The van der Waals surface area contributed by atoms with Crippen molar-refractivity contribution in [2.45, 2.75) is 284 Å². The molecule has 0 saturated heterocycles. The van der Waals surface area contributed by atoms with Crippen LogP contribution in [-0.2, 0) is 28.6 Å². The highest BCUT2D eigenvalue weighted by Gasteiger charge is 2.19. The lowest BCUT2D eigenvalue weighted by Crippen LogP contribution is -2.30. The molecule has 1 atom stereocenters. The molecule has 0 aliphatic carbocycles. The van der Waals surface area contributed by atoms with Crippen LogP contribution in [0.2, 0.25) is 0 Å². The minimum Gasteiger partial charge on any atom is -0.462 e. The summed E-state index contributed by atoms with van der Waals surface area (Å²) in [5.41, 5.74) is 0. The molecular weight excluding hydrogens is 805 g/mol. The number of rotatable bonds is 50. The number of carbonyl (C=O) groups is 3. The van der Waals surface area contributed by atoms with Gasteiger partial charge in [-0.05, 0) is 96.3 Å². The minimum atomic E-state index is -0.785. The van der Waals surface area contributed by atoms with Crippen molar-refractivity contribution < 1.29 is 28.6 Å². The molecule has 0 fully saturated rings. The predicted molar refractivity (Wildman–Crippen MR) is 279 cm³/mol. The summed E-state index contributed by atoms with van der Waals surface area (Å²) >= 11 is 0. The zero-order chi connectivity index (χ0) is 47.2. The van der Waals surface area contributed by atoms with Crippen LogP contribution in [-0.4, -0.2) is 37.2 Å². The van der Waals surface area contributed by atoms with Crippen LogP contribution in [0.3, 0.4) is 0 Å². The Morgan fingerprint density at radius 2 is 0.646 bits per heavy atom. The quantitative estimate of drug-likeness (QED) is 0.0199. The van der Waals surface area contributed by atoms with Crippen LogP contribution in [0.15, 0.2) is 60.8 Å². The number of hydrogen-bond acceptors (Lipinski definition) is 6. The van der Waals surface area contributed by atoms with E-state index in [1.807, 2.05) is 0 Å². The van der Waals surface area contributed by atoms with E-state index in [2.05, 4.69) is 81.5 Å². The van der Waals surface area contributed by atoms with Crippen molar-refractivity contribution in [3.8, 4) is 0 Å². The Labute approximate surface area is 402 Å². The van der Waals surface area contributed by atoms with Crippen molar-refractivity contribution in [1.29, 1.82) is 0 Å². The maximum atomic E-state index is 12.8. The van der Waals surface area contributed by atoms with Crippen molar-refractivity contribution in [3.05, 3.63) is 60.8 Å². The Morgan fingerprint density at radius 1 is 0.338 bits per heavy atom. The van der Waals surface area contributed by atoms with Gasteiger partial charge >= 0.3 is 17.9 Å². The molecule has 0 rings (SSSR count). The Balaban J connectivity index is 4.40.